The van der Waals surface area contributed by atoms with Crippen molar-refractivity contribution in [2.24, 2.45) is 0 Å². The molecule has 0 spiro atoms. The fraction of sp³-hybridized carbons (Fsp3) is 0.421. The maximum absolute atomic E-state index is 12.5. The Kier molecular flexibility index (Phi) is 4.68. The fourth-order valence-electron chi connectivity index (χ4n) is 3.72. The lowest BCUT2D eigenvalue weighted by Gasteiger charge is -2.35. The first kappa shape index (κ1) is 17.1. The number of carbonyl (C=O) groups is 1. The monoisotopic (exact) mass is 372 g/mol. The molecule has 2 aliphatic rings. The third kappa shape index (κ3) is 3.46. The number of anilines is 1. The Morgan fingerprint density at radius 3 is 2.69 bits per heavy atom. The molecule has 2 fully saturated rings. The van der Waals surface area contributed by atoms with Crippen LogP contribution in [0.5, 0.6) is 0 Å². The van der Waals surface area contributed by atoms with Crippen LogP contribution in [0.25, 0.3) is 0 Å². The first-order valence-electron chi connectivity index (χ1n) is 9.00. The second kappa shape index (κ2) is 7.11. The van der Waals surface area contributed by atoms with Gasteiger partial charge < -0.3 is 15.2 Å². The highest BCUT2D eigenvalue weighted by atomic mass is 35.5. The number of aromatic nitrogens is 2. The van der Waals surface area contributed by atoms with Gasteiger partial charge in [0.15, 0.2) is 0 Å². The minimum atomic E-state index is -0.143. The van der Waals surface area contributed by atoms with E-state index in [2.05, 4.69) is 20.2 Å². The second-order valence-electron chi connectivity index (χ2n) is 7.04. The predicted octanol–water partition coefficient (Wildman–Crippen LogP) is 2.70. The molecule has 1 saturated heterocycles. The molecule has 2 N–H and O–H groups in total. The van der Waals surface area contributed by atoms with Gasteiger partial charge >= 0.3 is 0 Å². The molecule has 26 heavy (non-hydrogen) atoms. The van der Waals surface area contributed by atoms with Crippen molar-refractivity contribution in [3.63, 3.8) is 0 Å². The van der Waals surface area contributed by atoms with E-state index >= 15 is 0 Å². The molecule has 0 radical (unpaired) electrons. The summed E-state index contributed by atoms with van der Waals surface area (Å²) in [4.78, 5) is 32.8. The van der Waals surface area contributed by atoms with E-state index in [0.717, 1.165) is 37.3 Å². The summed E-state index contributed by atoms with van der Waals surface area (Å²) in [6.45, 7) is 2.04. The summed E-state index contributed by atoms with van der Waals surface area (Å²) >= 11 is 6.39. The van der Waals surface area contributed by atoms with Gasteiger partial charge in [-0.1, -0.05) is 11.6 Å². The highest BCUT2D eigenvalue weighted by Crippen LogP contribution is 2.35. The van der Waals surface area contributed by atoms with Gasteiger partial charge in [-0.25, -0.2) is 4.98 Å². The van der Waals surface area contributed by atoms with Crippen molar-refractivity contribution >= 4 is 23.2 Å². The van der Waals surface area contributed by atoms with Crippen molar-refractivity contribution in [1.29, 1.82) is 0 Å². The van der Waals surface area contributed by atoms with E-state index in [-0.39, 0.29) is 23.4 Å². The molecule has 0 bridgehead atoms. The lowest BCUT2D eigenvalue weighted by Crippen LogP contribution is -2.43. The number of amides is 1. The van der Waals surface area contributed by atoms with Gasteiger partial charge in [-0.3, -0.25) is 9.59 Å². The number of rotatable bonds is 4. The second-order valence-corrected chi connectivity index (χ2v) is 7.44. The number of hydrogen-bond donors (Lipinski definition) is 2. The van der Waals surface area contributed by atoms with Gasteiger partial charge in [0.05, 0.1) is 22.7 Å². The Bertz CT molecular complexity index is 870. The number of nitrogens with zero attached hydrogens (tertiary/aromatic N) is 2. The minimum absolute atomic E-state index is 0.102. The molecule has 4 rings (SSSR count). The molecule has 1 aliphatic carbocycles. The Morgan fingerprint density at radius 1 is 1.23 bits per heavy atom. The average molecular weight is 373 g/mol. The standard InChI is InChI=1S/C19H21ClN4O2/c20-15-9-12(3-4-17(15)24-5-1-2-6-24)19(26)23-14-7-13(8-14)16-10-18(25)22-11-21-16/h3-4,9-11,13-14H,1-2,5-8H2,(H,23,26)(H,21,22,25). The zero-order chi connectivity index (χ0) is 18.1. The molecular weight excluding hydrogens is 352 g/mol. The molecule has 0 atom stereocenters. The first-order chi connectivity index (χ1) is 12.6. The average Bonchev–Trinajstić information content (AvgIpc) is 3.11. The van der Waals surface area contributed by atoms with E-state index in [4.69, 9.17) is 11.6 Å². The van der Waals surface area contributed by atoms with E-state index in [0.29, 0.717) is 10.6 Å². The summed E-state index contributed by atoms with van der Waals surface area (Å²) < 4.78 is 0. The highest BCUT2D eigenvalue weighted by molar-refractivity contribution is 6.33. The maximum Gasteiger partial charge on any atom is 0.251 e. The number of H-pyrrole nitrogens is 1. The minimum Gasteiger partial charge on any atom is -0.370 e. The van der Waals surface area contributed by atoms with Gasteiger partial charge in [-0.2, -0.15) is 0 Å². The number of benzene rings is 1. The van der Waals surface area contributed by atoms with Crippen LogP contribution in [0, 0.1) is 0 Å². The zero-order valence-electron chi connectivity index (χ0n) is 14.4. The molecular formula is C19H21ClN4O2. The van der Waals surface area contributed by atoms with Gasteiger partial charge in [-0.15, -0.1) is 0 Å². The summed E-state index contributed by atoms with van der Waals surface area (Å²) in [6, 6.07) is 7.15. The van der Waals surface area contributed by atoms with Crippen LogP contribution in [0.1, 0.15) is 47.7 Å². The van der Waals surface area contributed by atoms with Crippen molar-refractivity contribution in [3.05, 3.63) is 57.2 Å². The number of hydrogen-bond acceptors (Lipinski definition) is 4. The van der Waals surface area contributed by atoms with Crippen LogP contribution >= 0.6 is 11.6 Å². The molecule has 1 aliphatic heterocycles. The number of carbonyl (C=O) groups excluding carboxylic acids is 1. The third-order valence-corrected chi connectivity index (χ3v) is 5.55. The molecule has 7 heteroatoms. The van der Waals surface area contributed by atoms with E-state index < -0.39 is 0 Å². The highest BCUT2D eigenvalue weighted by Gasteiger charge is 2.32. The molecule has 1 aromatic heterocycles. The van der Waals surface area contributed by atoms with Crippen molar-refractivity contribution in [1.82, 2.24) is 15.3 Å². The molecule has 0 unspecified atom stereocenters. The molecule has 1 aromatic carbocycles. The van der Waals surface area contributed by atoms with Crippen molar-refractivity contribution in [3.8, 4) is 0 Å². The van der Waals surface area contributed by atoms with E-state index in [1.807, 2.05) is 12.1 Å². The Hall–Kier alpha value is -2.34. The van der Waals surface area contributed by atoms with Gasteiger partial charge in [-0.05, 0) is 43.9 Å². The summed E-state index contributed by atoms with van der Waals surface area (Å²) in [5, 5.41) is 3.66. The first-order valence-corrected chi connectivity index (χ1v) is 9.38. The third-order valence-electron chi connectivity index (χ3n) is 5.25. The molecule has 1 saturated carbocycles. The van der Waals surface area contributed by atoms with Crippen molar-refractivity contribution in [2.75, 3.05) is 18.0 Å². The predicted molar refractivity (Wildman–Crippen MR) is 101 cm³/mol. The van der Waals surface area contributed by atoms with Crippen LogP contribution in [0.15, 0.2) is 35.4 Å². The molecule has 2 aromatic rings. The largest absolute Gasteiger partial charge is 0.370 e. The Balaban J connectivity index is 1.35. The molecule has 136 valence electrons. The normalized spacial score (nSPS) is 22.1. The summed E-state index contributed by atoms with van der Waals surface area (Å²) in [7, 11) is 0. The number of halogens is 1. The Morgan fingerprint density at radius 2 is 2.00 bits per heavy atom. The zero-order valence-corrected chi connectivity index (χ0v) is 15.1. The van der Waals surface area contributed by atoms with Crippen LogP contribution in [0.2, 0.25) is 5.02 Å². The molecule has 6 nitrogen and oxygen atoms in total. The van der Waals surface area contributed by atoms with E-state index in [9.17, 15) is 9.59 Å². The smallest absolute Gasteiger partial charge is 0.251 e. The summed E-state index contributed by atoms with van der Waals surface area (Å²) in [6.07, 6.45) is 5.38. The summed E-state index contributed by atoms with van der Waals surface area (Å²) in [5.74, 6) is 0.117. The Labute approximate surface area is 156 Å². The van der Waals surface area contributed by atoms with Crippen LogP contribution in [0.3, 0.4) is 0 Å². The quantitative estimate of drug-likeness (QED) is 0.865. The van der Waals surface area contributed by atoms with Crippen LogP contribution < -0.4 is 15.8 Å². The fourth-order valence-corrected chi connectivity index (χ4v) is 4.02. The van der Waals surface area contributed by atoms with E-state index in [1.54, 1.807) is 6.07 Å². The van der Waals surface area contributed by atoms with Crippen LogP contribution in [-0.2, 0) is 0 Å². The van der Waals surface area contributed by atoms with Crippen LogP contribution in [-0.4, -0.2) is 35.0 Å². The SMILES string of the molecule is O=C(NC1CC(c2cc(=O)[nH]cn2)C1)c1ccc(N2CCCC2)c(Cl)c1. The van der Waals surface area contributed by atoms with Crippen LogP contribution in [0.4, 0.5) is 5.69 Å². The van der Waals surface area contributed by atoms with Crippen molar-refractivity contribution in [2.45, 2.75) is 37.6 Å². The maximum atomic E-state index is 12.5. The van der Waals surface area contributed by atoms with Gasteiger partial charge in [0, 0.05) is 36.7 Å². The molecule has 2 heterocycles. The number of nitrogens with one attached hydrogen (secondary N) is 2. The van der Waals surface area contributed by atoms with E-state index in [1.165, 1.54) is 25.2 Å². The topological polar surface area (TPSA) is 78.1 Å². The van der Waals surface area contributed by atoms with Gasteiger partial charge in [0.2, 0.25) is 0 Å². The van der Waals surface area contributed by atoms with Gasteiger partial charge in [0.25, 0.3) is 11.5 Å². The summed E-state index contributed by atoms with van der Waals surface area (Å²) in [5.41, 5.74) is 2.23. The number of aromatic amines is 1. The molecule has 1 amide bonds. The van der Waals surface area contributed by atoms with Crippen molar-refractivity contribution < 1.29 is 4.79 Å². The lowest BCUT2D eigenvalue weighted by atomic mass is 9.78. The van der Waals surface area contributed by atoms with Gasteiger partial charge in [0.1, 0.15) is 0 Å². The lowest BCUT2D eigenvalue weighted by molar-refractivity contribution is 0.0908.